The summed E-state index contributed by atoms with van der Waals surface area (Å²) in [5.74, 6) is -0.230. The Balaban J connectivity index is 2.20. The van der Waals surface area contributed by atoms with Gasteiger partial charge in [-0.2, -0.15) is 17.5 Å². The first kappa shape index (κ1) is 15.7. The predicted molar refractivity (Wildman–Crippen MR) is 62.7 cm³/mol. The van der Waals surface area contributed by atoms with Crippen LogP contribution in [0.5, 0.6) is 0 Å². The number of rotatable bonds is 8. The molecule has 1 rings (SSSR count). The van der Waals surface area contributed by atoms with Crippen molar-refractivity contribution in [1.29, 1.82) is 0 Å². The van der Waals surface area contributed by atoms with Gasteiger partial charge in [0.15, 0.2) is 0 Å². The maximum atomic E-state index is 12.1. The number of unbranched alkanes of at least 4 members (excludes halogenated alkanes) is 1. The number of hydrogen-bond acceptors (Lipinski definition) is 3. The van der Waals surface area contributed by atoms with Crippen molar-refractivity contribution in [3.8, 4) is 0 Å². The highest BCUT2D eigenvalue weighted by Gasteiger charge is 2.33. The van der Waals surface area contributed by atoms with E-state index in [1.807, 2.05) is 0 Å². The molecule has 0 aromatic rings. The van der Waals surface area contributed by atoms with E-state index in [0.717, 1.165) is 26.4 Å². The lowest BCUT2D eigenvalue weighted by Gasteiger charge is -2.18. The van der Waals surface area contributed by atoms with Gasteiger partial charge in [-0.1, -0.05) is 0 Å². The number of hydrogen-bond donors (Lipinski definition) is 1. The molecule has 0 saturated heterocycles. The minimum absolute atomic E-state index is 0.230. The van der Waals surface area contributed by atoms with Gasteiger partial charge in [0.2, 0.25) is 10.0 Å². The molecular weight excluding hydrogens is 269 g/mol. The average Bonchev–Trinajstić information content (AvgIpc) is 2.98. The topological polar surface area (TPSA) is 49.4 Å². The highest BCUT2D eigenvalue weighted by atomic mass is 32.2. The Hall–Kier alpha value is -0.340. The van der Waals surface area contributed by atoms with Crippen LogP contribution in [0.15, 0.2) is 0 Å². The molecule has 8 heteroatoms. The molecule has 1 N–H and O–H groups in total. The van der Waals surface area contributed by atoms with Crippen LogP contribution >= 0.6 is 0 Å². The molecule has 0 heterocycles. The minimum atomic E-state index is -4.49. The molecule has 4 nitrogen and oxygen atoms in total. The fourth-order valence-electron chi connectivity index (χ4n) is 1.51. The number of nitrogens with one attached hydrogen (secondary N) is 1. The highest BCUT2D eigenvalue weighted by molar-refractivity contribution is 7.89. The van der Waals surface area contributed by atoms with E-state index < -0.39 is 22.7 Å². The Labute approximate surface area is 106 Å². The third kappa shape index (κ3) is 6.55. The number of nitrogens with zero attached hydrogens (tertiary/aromatic N) is 1. The molecule has 1 aliphatic carbocycles. The Morgan fingerprint density at radius 3 is 2.39 bits per heavy atom. The fourth-order valence-corrected chi connectivity index (χ4v) is 2.73. The molecule has 0 aromatic carbocycles. The molecule has 0 amide bonds. The molecule has 0 aromatic heterocycles. The van der Waals surface area contributed by atoms with E-state index in [1.165, 1.54) is 0 Å². The molecule has 18 heavy (non-hydrogen) atoms. The van der Waals surface area contributed by atoms with Crippen LogP contribution in [0.4, 0.5) is 13.2 Å². The van der Waals surface area contributed by atoms with Gasteiger partial charge in [0.25, 0.3) is 0 Å². The van der Waals surface area contributed by atoms with E-state index in [0.29, 0.717) is 23.2 Å². The van der Waals surface area contributed by atoms with Gasteiger partial charge in [0.05, 0.1) is 5.75 Å². The zero-order valence-corrected chi connectivity index (χ0v) is 11.1. The van der Waals surface area contributed by atoms with Crippen LogP contribution < -0.4 is 5.32 Å². The summed E-state index contributed by atoms with van der Waals surface area (Å²) in [4.78, 5) is 0. The molecular formula is C10H19F3N2O2S. The SMILES string of the molecule is CN(CC(F)(F)F)S(=O)(=O)CCCCNC1CC1. The largest absolute Gasteiger partial charge is 0.402 e. The van der Waals surface area contributed by atoms with Crippen molar-refractivity contribution < 1.29 is 21.6 Å². The molecule has 0 bridgehead atoms. The van der Waals surface area contributed by atoms with Gasteiger partial charge >= 0.3 is 6.18 Å². The van der Waals surface area contributed by atoms with Crippen molar-refractivity contribution in [3.63, 3.8) is 0 Å². The van der Waals surface area contributed by atoms with Gasteiger partial charge in [0.1, 0.15) is 6.54 Å². The maximum absolute atomic E-state index is 12.1. The van der Waals surface area contributed by atoms with Gasteiger partial charge in [-0.05, 0) is 32.2 Å². The Morgan fingerprint density at radius 1 is 1.28 bits per heavy atom. The Kier molecular flexibility index (Phi) is 5.42. The van der Waals surface area contributed by atoms with Crippen molar-refractivity contribution in [2.45, 2.75) is 37.9 Å². The lowest BCUT2D eigenvalue weighted by Crippen LogP contribution is -2.37. The number of halogens is 3. The third-order valence-electron chi connectivity index (χ3n) is 2.72. The monoisotopic (exact) mass is 288 g/mol. The maximum Gasteiger partial charge on any atom is 0.402 e. The minimum Gasteiger partial charge on any atom is -0.314 e. The summed E-state index contributed by atoms with van der Waals surface area (Å²) < 4.78 is 59.6. The third-order valence-corrected chi connectivity index (χ3v) is 4.60. The average molecular weight is 288 g/mol. The quantitative estimate of drug-likeness (QED) is 0.686. The number of sulfonamides is 1. The first-order valence-electron chi connectivity index (χ1n) is 5.95. The number of alkyl halides is 3. The van der Waals surface area contributed by atoms with Gasteiger partial charge in [0, 0.05) is 13.1 Å². The van der Waals surface area contributed by atoms with E-state index in [1.54, 1.807) is 0 Å². The van der Waals surface area contributed by atoms with Crippen molar-refractivity contribution >= 4 is 10.0 Å². The van der Waals surface area contributed by atoms with Crippen LogP contribution in [0.3, 0.4) is 0 Å². The molecule has 0 spiro atoms. The zero-order chi connectivity index (χ0) is 13.8. The normalized spacial score (nSPS) is 17.4. The second-order valence-electron chi connectivity index (χ2n) is 4.62. The summed E-state index contributed by atoms with van der Waals surface area (Å²) in [6.45, 7) is -0.696. The molecule has 1 fully saturated rings. The molecule has 0 atom stereocenters. The summed E-state index contributed by atoms with van der Waals surface area (Å²) in [7, 11) is -2.83. The fraction of sp³-hybridized carbons (Fsp3) is 1.00. The van der Waals surface area contributed by atoms with Gasteiger partial charge in [-0.3, -0.25) is 0 Å². The lowest BCUT2D eigenvalue weighted by atomic mass is 10.3. The van der Waals surface area contributed by atoms with Crippen LogP contribution in [0, 0.1) is 0 Å². The van der Waals surface area contributed by atoms with E-state index in [4.69, 9.17) is 0 Å². The van der Waals surface area contributed by atoms with E-state index in [9.17, 15) is 21.6 Å². The van der Waals surface area contributed by atoms with Crippen molar-refractivity contribution in [2.24, 2.45) is 0 Å². The molecule has 0 aliphatic heterocycles. The standard InChI is InChI=1S/C10H19F3N2O2S/c1-15(8-10(11,12)13)18(16,17)7-3-2-6-14-9-4-5-9/h9,14H,2-8H2,1H3. The second kappa shape index (κ2) is 6.21. The molecule has 1 saturated carbocycles. The first-order valence-corrected chi connectivity index (χ1v) is 7.56. The van der Waals surface area contributed by atoms with E-state index >= 15 is 0 Å². The van der Waals surface area contributed by atoms with Crippen molar-refractivity contribution in [2.75, 3.05) is 25.9 Å². The smallest absolute Gasteiger partial charge is 0.314 e. The Bertz CT molecular complexity index is 353. The van der Waals surface area contributed by atoms with Gasteiger partial charge < -0.3 is 5.32 Å². The van der Waals surface area contributed by atoms with Gasteiger partial charge in [-0.25, -0.2) is 8.42 Å². The molecule has 0 radical (unpaired) electrons. The van der Waals surface area contributed by atoms with Gasteiger partial charge in [-0.15, -0.1) is 0 Å². The highest BCUT2D eigenvalue weighted by Crippen LogP contribution is 2.19. The molecule has 108 valence electrons. The van der Waals surface area contributed by atoms with Crippen LogP contribution in [0.2, 0.25) is 0 Å². The summed E-state index contributed by atoms with van der Waals surface area (Å²) in [5, 5.41) is 3.22. The summed E-state index contributed by atoms with van der Waals surface area (Å²) in [6.07, 6.45) is -1.13. The molecule has 0 unspecified atom stereocenters. The lowest BCUT2D eigenvalue weighted by molar-refractivity contribution is -0.134. The first-order chi connectivity index (χ1) is 8.21. The van der Waals surface area contributed by atoms with Crippen LogP contribution in [-0.2, 0) is 10.0 Å². The summed E-state index contributed by atoms with van der Waals surface area (Å²) in [6, 6.07) is 0.564. The van der Waals surface area contributed by atoms with E-state index in [-0.39, 0.29) is 5.75 Å². The summed E-state index contributed by atoms with van der Waals surface area (Å²) in [5.41, 5.74) is 0. The predicted octanol–water partition coefficient (Wildman–Crippen LogP) is 1.34. The summed E-state index contributed by atoms with van der Waals surface area (Å²) >= 11 is 0. The zero-order valence-electron chi connectivity index (χ0n) is 10.3. The van der Waals surface area contributed by atoms with Crippen LogP contribution in [0.1, 0.15) is 25.7 Å². The van der Waals surface area contributed by atoms with Crippen molar-refractivity contribution in [1.82, 2.24) is 9.62 Å². The Morgan fingerprint density at radius 2 is 1.89 bits per heavy atom. The van der Waals surface area contributed by atoms with Crippen LogP contribution in [-0.4, -0.2) is 50.8 Å². The molecule has 1 aliphatic rings. The van der Waals surface area contributed by atoms with Crippen molar-refractivity contribution in [3.05, 3.63) is 0 Å². The second-order valence-corrected chi connectivity index (χ2v) is 6.82. The van der Waals surface area contributed by atoms with Crippen LogP contribution in [0.25, 0.3) is 0 Å². The van der Waals surface area contributed by atoms with E-state index in [2.05, 4.69) is 5.32 Å².